The van der Waals surface area contributed by atoms with E-state index in [1.165, 1.54) is 0 Å². The van der Waals surface area contributed by atoms with Gasteiger partial charge in [-0.1, -0.05) is 18.5 Å². The molecule has 0 bridgehead atoms. The van der Waals surface area contributed by atoms with Gasteiger partial charge in [-0.3, -0.25) is 0 Å². The van der Waals surface area contributed by atoms with E-state index in [4.69, 9.17) is 15.0 Å². The number of rotatable bonds is 5. The van der Waals surface area contributed by atoms with Gasteiger partial charge in [-0.2, -0.15) is 4.98 Å². The van der Waals surface area contributed by atoms with Gasteiger partial charge in [0.1, 0.15) is 5.60 Å². The van der Waals surface area contributed by atoms with E-state index in [-0.39, 0.29) is 5.60 Å². The Balaban J connectivity index is 2.05. The van der Waals surface area contributed by atoms with Crippen molar-refractivity contribution >= 4 is 0 Å². The van der Waals surface area contributed by atoms with E-state index in [1.807, 2.05) is 6.92 Å². The summed E-state index contributed by atoms with van der Waals surface area (Å²) in [6.07, 6.45) is 3.80. The standard InChI is InChI=1S/C12H21N3O2/c1-3-9(8-13)7-10-14-11(15-17-10)12(2)5-4-6-16-12/h9H,3-8,13H2,1-2H3. The normalized spacial score (nSPS) is 26.3. The van der Waals surface area contributed by atoms with Crippen LogP contribution in [0.15, 0.2) is 4.52 Å². The van der Waals surface area contributed by atoms with Crippen molar-refractivity contribution in [3.8, 4) is 0 Å². The molecule has 0 spiro atoms. The highest BCUT2D eigenvalue weighted by atomic mass is 16.5. The summed E-state index contributed by atoms with van der Waals surface area (Å²) in [6, 6.07) is 0. The van der Waals surface area contributed by atoms with E-state index in [9.17, 15) is 0 Å². The minimum Gasteiger partial charge on any atom is -0.367 e. The topological polar surface area (TPSA) is 74.2 Å². The van der Waals surface area contributed by atoms with Crippen LogP contribution in [0.3, 0.4) is 0 Å². The Morgan fingerprint density at radius 2 is 2.35 bits per heavy atom. The number of hydrogen-bond donors (Lipinski definition) is 1. The molecule has 0 aliphatic carbocycles. The van der Waals surface area contributed by atoms with Gasteiger partial charge in [-0.05, 0) is 32.2 Å². The fraction of sp³-hybridized carbons (Fsp3) is 0.833. The maximum Gasteiger partial charge on any atom is 0.227 e. The summed E-state index contributed by atoms with van der Waals surface area (Å²) in [6.45, 7) is 5.58. The molecule has 0 radical (unpaired) electrons. The van der Waals surface area contributed by atoms with Crippen LogP contribution in [0.5, 0.6) is 0 Å². The smallest absolute Gasteiger partial charge is 0.227 e. The van der Waals surface area contributed by atoms with E-state index >= 15 is 0 Å². The molecule has 2 atom stereocenters. The summed E-state index contributed by atoms with van der Waals surface area (Å²) in [5.74, 6) is 1.77. The van der Waals surface area contributed by atoms with Gasteiger partial charge in [-0.25, -0.2) is 0 Å². The molecule has 1 fully saturated rings. The van der Waals surface area contributed by atoms with Gasteiger partial charge in [0.05, 0.1) is 0 Å². The molecule has 5 nitrogen and oxygen atoms in total. The average molecular weight is 239 g/mol. The van der Waals surface area contributed by atoms with Gasteiger partial charge in [0, 0.05) is 13.0 Å². The van der Waals surface area contributed by atoms with Gasteiger partial charge in [0.15, 0.2) is 0 Å². The lowest BCUT2D eigenvalue weighted by molar-refractivity contribution is 0.00768. The van der Waals surface area contributed by atoms with E-state index < -0.39 is 0 Å². The van der Waals surface area contributed by atoms with Crippen molar-refractivity contribution in [2.24, 2.45) is 11.7 Å². The van der Waals surface area contributed by atoms with E-state index in [0.717, 1.165) is 32.3 Å². The summed E-state index contributed by atoms with van der Waals surface area (Å²) >= 11 is 0. The highest BCUT2D eigenvalue weighted by Gasteiger charge is 2.36. The first-order chi connectivity index (χ1) is 8.18. The molecule has 0 aromatic carbocycles. The van der Waals surface area contributed by atoms with Crippen LogP contribution in [0.1, 0.15) is 44.8 Å². The van der Waals surface area contributed by atoms with Crippen molar-refractivity contribution in [1.29, 1.82) is 0 Å². The Bertz CT molecular complexity index is 354. The molecule has 2 N–H and O–H groups in total. The average Bonchev–Trinajstić information content (AvgIpc) is 2.95. The van der Waals surface area contributed by atoms with Crippen LogP contribution in [-0.4, -0.2) is 23.3 Å². The zero-order valence-corrected chi connectivity index (χ0v) is 10.6. The summed E-state index contributed by atoms with van der Waals surface area (Å²) < 4.78 is 11.0. The quantitative estimate of drug-likeness (QED) is 0.845. The second-order valence-electron chi connectivity index (χ2n) is 4.91. The fourth-order valence-electron chi connectivity index (χ4n) is 2.15. The summed E-state index contributed by atoms with van der Waals surface area (Å²) in [5, 5.41) is 4.04. The lowest BCUT2D eigenvalue weighted by Crippen LogP contribution is -2.22. The number of nitrogens with zero attached hydrogens (tertiary/aromatic N) is 2. The monoisotopic (exact) mass is 239 g/mol. The second kappa shape index (κ2) is 5.14. The lowest BCUT2D eigenvalue weighted by Gasteiger charge is -2.17. The van der Waals surface area contributed by atoms with Gasteiger partial charge < -0.3 is 15.0 Å². The maximum absolute atomic E-state index is 5.69. The second-order valence-corrected chi connectivity index (χ2v) is 4.91. The Morgan fingerprint density at radius 3 is 2.94 bits per heavy atom. The van der Waals surface area contributed by atoms with Crippen LogP contribution in [0.25, 0.3) is 0 Å². The van der Waals surface area contributed by atoms with Crippen molar-refractivity contribution < 1.29 is 9.26 Å². The van der Waals surface area contributed by atoms with Crippen molar-refractivity contribution in [1.82, 2.24) is 10.1 Å². The summed E-state index contributed by atoms with van der Waals surface area (Å²) in [4.78, 5) is 4.44. The fourth-order valence-corrected chi connectivity index (χ4v) is 2.15. The van der Waals surface area contributed by atoms with Crippen molar-refractivity contribution in [3.05, 3.63) is 11.7 Å². The highest BCUT2D eigenvalue weighted by molar-refractivity contribution is 5.01. The van der Waals surface area contributed by atoms with E-state index in [0.29, 0.717) is 24.2 Å². The SMILES string of the molecule is CCC(CN)Cc1nc(C2(C)CCCO2)no1. The molecule has 1 aliphatic heterocycles. The first-order valence-corrected chi connectivity index (χ1v) is 6.35. The molecule has 96 valence electrons. The molecule has 1 saturated heterocycles. The molecule has 1 aromatic heterocycles. The van der Waals surface area contributed by atoms with Crippen LogP contribution < -0.4 is 5.73 Å². The highest BCUT2D eigenvalue weighted by Crippen LogP contribution is 2.33. The number of hydrogen-bond acceptors (Lipinski definition) is 5. The molecule has 1 aromatic rings. The minimum atomic E-state index is -0.355. The molecule has 17 heavy (non-hydrogen) atoms. The number of nitrogens with two attached hydrogens (primary N) is 1. The molecule has 0 amide bonds. The predicted octanol–water partition coefficient (Wildman–Crippen LogP) is 1.62. The van der Waals surface area contributed by atoms with Crippen LogP contribution >= 0.6 is 0 Å². The molecular weight excluding hydrogens is 218 g/mol. The van der Waals surface area contributed by atoms with Crippen LogP contribution in [0, 0.1) is 5.92 Å². The van der Waals surface area contributed by atoms with Gasteiger partial charge >= 0.3 is 0 Å². The van der Waals surface area contributed by atoms with Gasteiger partial charge in [0.2, 0.25) is 11.7 Å². The molecule has 0 saturated carbocycles. The zero-order valence-electron chi connectivity index (χ0n) is 10.6. The summed E-state index contributed by atoms with van der Waals surface area (Å²) in [5.41, 5.74) is 5.32. The van der Waals surface area contributed by atoms with Gasteiger partial charge in [0.25, 0.3) is 0 Å². The summed E-state index contributed by atoms with van der Waals surface area (Å²) in [7, 11) is 0. The van der Waals surface area contributed by atoms with E-state index in [2.05, 4.69) is 17.1 Å². The number of ether oxygens (including phenoxy) is 1. The largest absolute Gasteiger partial charge is 0.367 e. The molecule has 2 heterocycles. The number of aromatic nitrogens is 2. The third-order valence-electron chi connectivity index (χ3n) is 3.53. The Kier molecular flexibility index (Phi) is 3.79. The lowest BCUT2D eigenvalue weighted by atomic mass is 10.0. The van der Waals surface area contributed by atoms with Crippen LogP contribution in [0.2, 0.25) is 0 Å². The molecule has 2 rings (SSSR count). The predicted molar refractivity (Wildman–Crippen MR) is 63.4 cm³/mol. The molecule has 1 aliphatic rings. The minimum absolute atomic E-state index is 0.355. The molecular formula is C12H21N3O2. The first kappa shape index (κ1) is 12.5. The Hall–Kier alpha value is -0.940. The van der Waals surface area contributed by atoms with Crippen molar-refractivity contribution in [2.75, 3.05) is 13.2 Å². The zero-order chi connectivity index (χ0) is 12.3. The third-order valence-corrected chi connectivity index (χ3v) is 3.53. The van der Waals surface area contributed by atoms with Crippen LogP contribution in [0.4, 0.5) is 0 Å². The third kappa shape index (κ3) is 2.66. The maximum atomic E-state index is 5.69. The van der Waals surface area contributed by atoms with Crippen LogP contribution in [-0.2, 0) is 16.8 Å². The van der Waals surface area contributed by atoms with Gasteiger partial charge in [-0.15, -0.1) is 0 Å². The first-order valence-electron chi connectivity index (χ1n) is 6.35. The Morgan fingerprint density at radius 1 is 1.53 bits per heavy atom. The molecule has 2 unspecified atom stereocenters. The van der Waals surface area contributed by atoms with Crippen molar-refractivity contribution in [2.45, 2.75) is 45.1 Å². The molecule has 5 heteroatoms. The van der Waals surface area contributed by atoms with E-state index in [1.54, 1.807) is 0 Å². The Labute approximate surface area is 102 Å². The van der Waals surface area contributed by atoms with Crippen molar-refractivity contribution in [3.63, 3.8) is 0 Å².